The molecule has 3 rings (SSSR count). The summed E-state index contributed by atoms with van der Waals surface area (Å²) in [6.45, 7) is 0. The van der Waals surface area contributed by atoms with Gasteiger partial charge in [0.05, 0.1) is 23.1 Å². The second-order valence-corrected chi connectivity index (χ2v) is 5.32. The molecule has 0 fully saturated rings. The average Bonchev–Trinajstić information content (AvgIpc) is 2.99. The highest BCUT2D eigenvalue weighted by atomic mass is 32.1. The maximum absolute atomic E-state index is 12.4. The fourth-order valence-electron chi connectivity index (χ4n) is 2.11. The molecule has 110 valence electrons. The van der Waals surface area contributed by atoms with Crippen LogP contribution in [0.4, 0.5) is 5.69 Å². The number of para-hydroxylation sites is 1. The van der Waals surface area contributed by atoms with Crippen LogP contribution in [-0.2, 0) is 4.74 Å². The van der Waals surface area contributed by atoms with E-state index in [1.54, 1.807) is 24.3 Å². The predicted octanol–water partition coefficient (Wildman–Crippen LogP) is 3.34. The lowest BCUT2D eigenvalue weighted by molar-refractivity contribution is 0.0602. The highest BCUT2D eigenvalue weighted by Gasteiger charge is 2.17. The van der Waals surface area contributed by atoms with Gasteiger partial charge in [0.25, 0.3) is 5.91 Å². The summed E-state index contributed by atoms with van der Waals surface area (Å²) in [6.07, 6.45) is 0. The van der Waals surface area contributed by atoms with E-state index < -0.39 is 5.97 Å². The molecule has 0 unspecified atom stereocenters. The van der Waals surface area contributed by atoms with E-state index >= 15 is 0 Å². The Labute approximate surface area is 130 Å². The fraction of sp³-hybridized carbons (Fsp3) is 0.0625. The summed E-state index contributed by atoms with van der Waals surface area (Å²) in [4.78, 5) is 24.2. The molecule has 6 heteroatoms. The lowest BCUT2D eigenvalue weighted by Gasteiger charge is -2.08. The molecule has 1 heterocycles. The first-order chi connectivity index (χ1) is 10.7. The second kappa shape index (κ2) is 5.95. The standard InChI is InChI=1S/C16H12N2O3S/c1-21-16(20)10-6-2-4-8-12(10)17-15(19)14-11-7-3-5-9-13(11)22-18-14/h2-9H,1H3,(H,17,19). The molecule has 0 spiro atoms. The van der Waals surface area contributed by atoms with Crippen molar-refractivity contribution < 1.29 is 14.3 Å². The minimum atomic E-state index is -0.501. The number of esters is 1. The molecule has 0 aliphatic rings. The first-order valence-electron chi connectivity index (χ1n) is 6.54. The van der Waals surface area contributed by atoms with Crippen LogP contribution in [0.5, 0.6) is 0 Å². The molecule has 0 atom stereocenters. The van der Waals surface area contributed by atoms with Crippen LogP contribution in [0.25, 0.3) is 10.1 Å². The number of anilines is 1. The van der Waals surface area contributed by atoms with Gasteiger partial charge in [-0.25, -0.2) is 4.79 Å². The third-order valence-electron chi connectivity index (χ3n) is 3.17. The SMILES string of the molecule is COC(=O)c1ccccc1NC(=O)c1nsc2ccccc12. The number of aromatic nitrogens is 1. The van der Waals surface area contributed by atoms with Crippen LogP contribution < -0.4 is 5.32 Å². The van der Waals surface area contributed by atoms with E-state index in [-0.39, 0.29) is 5.91 Å². The lowest BCUT2D eigenvalue weighted by atomic mass is 10.1. The Kier molecular flexibility index (Phi) is 3.84. The number of carbonyl (C=O) groups excluding carboxylic acids is 2. The number of hydrogen-bond donors (Lipinski definition) is 1. The van der Waals surface area contributed by atoms with E-state index in [0.29, 0.717) is 16.9 Å². The van der Waals surface area contributed by atoms with Crippen molar-refractivity contribution in [3.8, 4) is 0 Å². The summed E-state index contributed by atoms with van der Waals surface area (Å²) in [7, 11) is 1.30. The molecule has 0 saturated carbocycles. The van der Waals surface area contributed by atoms with Crippen LogP contribution >= 0.6 is 11.5 Å². The van der Waals surface area contributed by atoms with Crippen LogP contribution in [0.3, 0.4) is 0 Å². The Morgan fingerprint density at radius 2 is 1.82 bits per heavy atom. The van der Waals surface area contributed by atoms with Crippen LogP contribution in [0.1, 0.15) is 20.8 Å². The fourth-order valence-corrected chi connectivity index (χ4v) is 2.88. The van der Waals surface area contributed by atoms with Gasteiger partial charge in [0, 0.05) is 5.39 Å². The predicted molar refractivity (Wildman–Crippen MR) is 85.4 cm³/mol. The zero-order valence-electron chi connectivity index (χ0n) is 11.7. The Morgan fingerprint density at radius 3 is 2.64 bits per heavy atom. The van der Waals surface area contributed by atoms with Crippen molar-refractivity contribution >= 4 is 39.2 Å². The number of ether oxygens (including phenoxy) is 1. The van der Waals surface area contributed by atoms with Gasteiger partial charge in [-0.15, -0.1) is 0 Å². The van der Waals surface area contributed by atoms with E-state index in [1.807, 2.05) is 24.3 Å². The van der Waals surface area contributed by atoms with Gasteiger partial charge in [-0.1, -0.05) is 30.3 Å². The zero-order chi connectivity index (χ0) is 15.5. The smallest absolute Gasteiger partial charge is 0.339 e. The van der Waals surface area contributed by atoms with Gasteiger partial charge in [-0.3, -0.25) is 4.79 Å². The minimum Gasteiger partial charge on any atom is -0.465 e. The van der Waals surface area contributed by atoms with Crippen molar-refractivity contribution in [1.82, 2.24) is 4.37 Å². The van der Waals surface area contributed by atoms with E-state index in [4.69, 9.17) is 4.74 Å². The number of benzene rings is 2. The van der Waals surface area contributed by atoms with Crippen molar-refractivity contribution in [2.24, 2.45) is 0 Å². The molecular weight excluding hydrogens is 300 g/mol. The molecule has 0 bridgehead atoms. The third kappa shape index (κ3) is 2.56. The van der Waals surface area contributed by atoms with E-state index in [0.717, 1.165) is 10.1 Å². The van der Waals surface area contributed by atoms with Gasteiger partial charge in [-0.05, 0) is 29.7 Å². The summed E-state index contributed by atoms with van der Waals surface area (Å²) < 4.78 is 9.85. The van der Waals surface area contributed by atoms with Gasteiger partial charge >= 0.3 is 5.97 Å². The van der Waals surface area contributed by atoms with E-state index in [1.165, 1.54) is 18.6 Å². The maximum Gasteiger partial charge on any atom is 0.339 e. The highest BCUT2D eigenvalue weighted by molar-refractivity contribution is 7.13. The minimum absolute atomic E-state index is 0.304. The van der Waals surface area contributed by atoms with Crippen molar-refractivity contribution in [2.45, 2.75) is 0 Å². The Morgan fingerprint density at radius 1 is 1.09 bits per heavy atom. The van der Waals surface area contributed by atoms with E-state index in [2.05, 4.69) is 9.69 Å². The molecule has 1 aromatic heterocycles. The van der Waals surface area contributed by atoms with Crippen molar-refractivity contribution in [2.75, 3.05) is 12.4 Å². The highest BCUT2D eigenvalue weighted by Crippen LogP contribution is 2.24. The topological polar surface area (TPSA) is 68.3 Å². The molecule has 0 radical (unpaired) electrons. The van der Waals surface area contributed by atoms with Crippen LogP contribution in [0.2, 0.25) is 0 Å². The summed E-state index contributed by atoms with van der Waals surface area (Å²) in [6, 6.07) is 14.2. The van der Waals surface area contributed by atoms with Gasteiger partial charge < -0.3 is 10.1 Å². The second-order valence-electron chi connectivity index (χ2n) is 4.52. The number of nitrogens with one attached hydrogen (secondary N) is 1. The molecule has 1 N–H and O–H groups in total. The summed E-state index contributed by atoms with van der Waals surface area (Å²) in [5.41, 5.74) is 1.05. The number of carbonyl (C=O) groups is 2. The van der Waals surface area contributed by atoms with Gasteiger partial charge in [0.1, 0.15) is 5.69 Å². The zero-order valence-corrected chi connectivity index (χ0v) is 12.5. The molecule has 5 nitrogen and oxygen atoms in total. The number of nitrogens with zero attached hydrogens (tertiary/aromatic N) is 1. The molecule has 0 aliphatic carbocycles. The summed E-state index contributed by atoms with van der Waals surface area (Å²) in [5.74, 6) is -0.854. The first kappa shape index (κ1) is 14.2. The third-order valence-corrected chi connectivity index (χ3v) is 4.00. The Bertz CT molecular complexity index is 857. The summed E-state index contributed by atoms with van der Waals surface area (Å²) in [5, 5.41) is 3.52. The van der Waals surface area contributed by atoms with Crippen molar-refractivity contribution in [3.63, 3.8) is 0 Å². The number of methoxy groups -OCH3 is 1. The molecule has 22 heavy (non-hydrogen) atoms. The number of fused-ring (bicyclic) bond motifs is 1. The quantitative estimate of drug-likeness (QED) is 0.753. The Balaban J connectivity index is 1.94. The number of amides is 1. The summed E-state index contributed by atoms with van der Waals surface area (Å²) >= 11 is 1.27. The van der Waals surface area contributed by atoms with Gasteiger partial charge in [0.15, 0.2) is 0 Å². The molecular formula is C16H12N2O3S. The Hall–Kier alpha value is -2.73. The monoisotopic (exact) mass is 312 g/mol. The molecule has 0 aliphatic heterocycles. The van der Waals surface area contributed by atoms with E-state index in [9.17, 15) is 9.59 Å². The molecule has 1 amide bonds. The number of hydrogen-bond acceptors (Lipinski definition) is 5. The molecule has 2 aromatic carbocycles. The number of rotatable bonds is 3. The van der Waals surface area contributed by atoms with Gasteiger partial charge in [-0.2, -0.15) is 4.37 Å². The van der Waals surface area contributed by atoms with Crippen LogP contribution in [0.15, 0.2) is 48.5 Å². The lowest BCUT2D eigenvalue weighted by Crippen LogP contribution is -2.15. The van der Waals surface area contributed by atoms with Crippen molar-refractivity contribution in [1.29, 1.82) is 0 Å². The van der Waals surface area contributed by atoms with Crippen molar-refractivity contribution in [3.05, 3.63) is 59.8 Å². The first-order valence-corrected chi connectivity index (χ1v) is 7.31. The maximum atomic E-state index is 12.4. The largest absolute Gasteiger partial charge is 0.465 e. The molecule has 0 saturated heterocycles. The van der Waals surface area contributed by atoms with Crippen LogP contribution in [-0.4, -0.2) is 23.4 Å². The molecule has 3 aromatic rings. The average molecular weight is 312 g/mol. The normalized spacial score (nSPS) is 10.4. The van der Waals surface area contributed by atoms with Gasteiger partial charge in [0.2, 0.25) is 0 Å². The van der Waals surface area contributed by atoms with Crippen LogP contribution in [0, 0.1) is 0 Å².